The number of rotatable bonds is 8. The van der Waals surface area contributed by atoms with E-state index in [1.807, 2.05) is 27.7 Å². The highest BCUT2D eigenvalue weighted by Gasteiger charge is 2.15. The van der Waals surface area contributed by atoms with Gasteiger partial charge >= 0.3 is 6.09 Å². The maximum absolute atomic E-state index is 12.9. The summed E-state index contributed by atoms with van der Waals surface area (Å²) in [6.45, 7) is 9.27. The molecule has 7 nitrogen and oxygen atoms in total. The van der Waals surface area contributed by atoms with Gasteiger partial charge in [-0.2, -0.15) is 0 Å². The van der Waals surface area contributed by atoms with Crippen LogP contribution < -0.4 is 16.0 Å². The SMILES string of the molecule is CCNC(=NCC(O)c1ccc(F)cc1)NCCCNC(=O)OC(C)(C)C.I. The lowest BCUT2D eigenvalue weighted by molar-refractivity contribution is 0.0527. The molecule has 0 bridgehead atoms. The van der Waals surface area contributed by atoms with Crippen LogP contribution in [0.3, 0.4) is 0 Å². The maximum atomic E-state index is 12.9. The van der Waals surface area contributed by atoms with Crippen LogP contribution in [0.25, 0.3) is 0 Å². The molecule has 9 heteroatoms. The largest absolute Gasteiger partial charge is 0.444 e. The molecule has 0 radical (unpaired) electrons. The fourth-order valence-electron chi connectivity index (χ4n) is 2.11. The third-order valence-corrected chi connectivity index (χ3v) is 3.34. The van der Waals surface area contributed by atoms with Crippen LogP contribution in [0, 0.1) is 5.82 Å². The van der Waals surface area contributed by atoms with E-state index in [9.17, 15) is 14.3 Å². The Kier molecular flexibility index (Phi) is 12.8. The molecule has 1 rings (SSSR count). The Morgan fingerprint density at radius 1 is 1.18 bits per heavy atom. The lowest BCUT2D eigenvalue weighted by Crippen LogP contribution is -2.39. The summed E-state index contributed by atoms with van der Waals surface area (Å²) in [7, 11) is 0. The summed E-state index contributed by atoms with van der Waals surface area (Å²) in [5.41, 5.74) is 0.0935. The molecule has 0 saturated carbocycles. The molecule has 0 aliphatic heterocycles. The maximum Gasteiger partial charge on any atom is 0.407 e. The molecule has 0 fully saturated rings. The van der Waals surface area contributed by atoms with Gasteiger partial charge in [0.2, 0.25) is 0 Å². The second-order valence-corrected chi connectivity index (χ2v) is 7.00. The Morgan fingerprint density at radius 2 is 1.79 bits per heavy atom. The van der Waals surface area contributed by atoms with Gasteiger partial charge in [-0.3, -0.25) is 4.99 Å². The molecule has 0 saturated heterocycles. The third-order valence-electron chi connectivity index (χ3n) is 3.34. The molecule has 0 aliphatic rings. The summed E-state index contributed by atoms with van der Waals surface area (Å²) in [5, 5.41) is 19.1. The van der Waals surface area contributed by atoms with Gasteiger partial charge in [-0.15, -0.1) is 24.0 Å². The van der Waals surface area contributed by atoms with Crippen molar-refractivity contribution in [3.05, 3.63) is 35.6 Å². The highest BCUT2D eigenvalue weighted by atomic mass is 127. The first kappa shape index (κ1) is 26.4. The molecule has 1 aromatic rings. The van der Waals surface area contributed by atoms with Crippen molar-refractivity contribution in [3.8, 4) is 0 Å². The molecule has 0 spiro atoms. The first-order chi connectivity index (χ1) is 12.7. The first-order valence-electron chi connectivity index (χ1n) is 9.14. The molecule has 4 N–H and O–H groups in total. The topological polar surface area (TPSA) is 95.0 Å². The van der Waals surface area contributed by atoms with Gasteiger partial charge in [-0.1, -0.05) is 12.1 Å². The molecule has 0 heterocycles. The van der Waals surface area contributed by atoms with E-state index in [2.05, 4.69) is 20.9 Å². The number of nitrogens with one attached hydrogen (secondary N) is 3. The molecular formula is C19H32FIN4O3. The second-order valence-electron chi connectivity index (χ2n) is 7.00. The number of alkyl carbamates (subject to hydrolysis) is 1. The minimum atomic E-state index is -0.810. The monoisotopic (exact) mass is 510 g/mol. The van der Waals surface area contributed by atoms with E-state index in [1.54, 1.807) is 0 Å². The summed E-state index contributed by atoms with van der Waals surface area (Å²) in [4.78, 5) is 15.9. The van der Waals surface area contributed by atoms with Crippen LogP contribution in [0.4, 0.5) is 9.18 Å². The van der Waals surface area contributed by atoms with Crippen molar-refractivity contribution in [2.24, 2.45) is 4.99 Å². The zero-order valence-electron chi connectivity index (χ0n) is 16.9. The van der Waals surface area contributed by atoms with Gasteiger partial charge in [-0.05, 0) is 51.8 Å². The predicted octanol–water partition coefficient (Wildman–Crippen LogP) is 2.95. The quantitative estimate of drug-likeness (QED) is 0.187. The van der Waals surface area contributed by atoms with Gasteiger partial charge in [0, 0.05) is 19.6 Å². The minimum Gasteiger partial charge on any atom is -0.444 e. The van der Waals surface area contributed by atoms with Crippen molar-refractivity contribution in [1.29, 1.82) is 0 Å². The van der Waals surface area contributed by atoms with Gasteiger partial charge in [-0.25, -0.2) is 9.18 Å². The second kappa shape index (κ2) is 13.5. The summed E-state index contributed by atoms with van der Waals surface area (Å²) in [6, 6.07) is 5.70. The molecule has 28 heavy (non-hydrogen) atoms. The van der Waals surface area contributed by atoms with Crippen molar-refractivity contribution in [1.82, 2.24) is 16.0 Å². The number of carbonyl (C=O) groups is 1. The van der Waals surface area contributed by atoms with Gasteiger partial charge in [0.25, 0.3) is 0 Å². The number of benzene rings is 1. The fraction of sp³-hybridized carbons (Fsp3) is 0.579. The van der Waals surface area contributed by atoms with Crippen LogP contribution in [0.2, 0.25) is 0 Å². The molecule has 0 aliphatic carbocycles. The Labute approximate surface area is 183 Å². The smallest absolute Gasteiger partial charge is 0.407 e. The average molecular weight is 510 g/mol. The standard InChI is InChI=1S/C19H31FN4O3.HI/c1-5-21-17(22-11-6-12-23-18(26)27-19(2,3)4)24-13-16(25)14-7-9-15(20)10-8-14;/h7-10,16,25H,5-6,11-13H2,1-4H3,(H,23,26)(H2,21,22,24);1H. The van der Waals surface area contributed by atoms with E-state index in [-0.39, 0.29) is 36.3 Å². The number of aliphatic imine (C=N–C) groups is 1. The number of amides is 1. The Bertz CT molecular complexity index is 606. The Hall–Kier alpha value is -1.62. The molecule has 1 aromatic carbocycles. The lowest BCUT2D eigenvalue weighted by Gasteiger charge is -2.19. The van der Waals surface area contributed by atoms with Crippen molar-refractivity contribution < 1.29 is 19.0 Å². The average Bonchev–Trinajstić information content (AvgIpc) is 2.58. The number of aliphatic hydroxyl groups is 1. The lowest BCUT2D eigenvalue weighted by atomic mass is 10.1. The van der Waals surface area contributed by atoms with Gasteiger partial charge in [0.05, 0.1) is 12.6 Å². The van der Waals surface area contributed by atoms with Crippen molar-refractivity contribution in [2.45, 2.75) is 45.8 Å². The van der Waals surface area contributed by atoms with E-state index in [0.717, 1.165) is 0 Å². The van der Waals surface area contributed by atoms with Gasteiger partial charge < -0.3 is 25.8 Å². The van der Waals surface area contributed by atoms with Crippen LogP contribution in [0.15, 0.2) is 29.3 Å². The molecule has 1 atom stereocenters. The zero-order valence-corrected chi connectivity index (χ0v) is 19.2. The van der Waals surface area contributed by atoms with Crippen molar-refractivity contribution >= 4 is 36.0 Å². The summed E-state index contributed by atoms with van der Waals surface area (Å²) < 4.78 is 18.1. The number of hydrogen-bond acceptors (Lipinski definition) is 4. The number of halogens is 2. The summed E-state index contributed by atoms with van der Waals surface area (Å²) in [5.74, 6) is 0.223. The number of guanidine groups is 1. The minimum absolute atomic E-state index is 0. The molecule has 0 aromatic heterocycles. The van der Waals surface area contributed by atoms with Crippen LogP contribution in [0.1, 0.15) is 45.8 Å². The number of nitrogens with zero attached hydrogens (tertiary/aromatic N) is 1. The normalized spacial score (nSPS) is 12.6. The van der Waals surface area contributed by atoms with Crippen molar-refractivity contribution in [2.75, 3.05) is 26.2 Å². The summed E-state index contributed by atoms with van der Waals surface area (Å²) >= 11 is 0. The van der Waals surface area contributed by atoms with Crippen LogP contribution in [-0.4, -0.2) is 48.9 Å². The highest BCUT2D eigenvalue weighted by Crippen LogP contribution is 2.13. The van der Waals surface area contributed by atoms with E-state index in [1.165, 1.54) is 24.3 Å². The van der Waals surface area contributed by atoms with Crippen molar-refractivity contribution in [3.63, 3.8) is 0 Å². The van der Waals surface area contributed by atoms with E-state index in [0.29, 0.717) is 37.6 Å². The van der Waals surface area contributed by atoms with Crippen LogP contribution in [-0.2, 0) is 4.74 Å². The Balaban J connectivity index is 0.00000729. The summed E-state index contributed by atoms with van der Waals surface area (Å²) in [6.07, 6.45) is -0.565. The zero-order chi connectivity index (χ0) is 20.3. The van der Waals surface area contributed by atoms with E-state index < -0.39 is 17.8 Å². The van der Waals surface area contributed by atoms with Crippen LogP contribution >= 0.6 is 24.0 Å². The number of aliphatic hydroxyl groups excluding tert-OH is 1. The third kappa shape index (κ3) is 12.0. The van der Waals surface area contributed by atoms with Gasteiger partial charge in [0.15, 0.2) is 5.96 Å². The predicted molar refractivity (Wildman–Crippen MR) is 120 cm³/mol. The first-order valence-corrected chi connectivity index (χ1v) is 9.14. The van der Waals surface area contributed by atoms with Crippen LogP contribution in [0.5, 0.6) is 0 Å². The molecule has 1 unspecified atom stereocenters. The number of carbonyl (C=O) groups excluding carboxylic acids is 1. The fourth-order valence-corrected chi connectivity index (χ4v) is 2.11. The van der Waals surface area contributed by atoms with Gasteiger partial charge in [0.1, 0.15) is 11.4 Å². The highest BCUT2D eigenvalue weighted by molar-refractivity contribution is 14.0. The van der Waals surface area contributed by atoms with E-state index >= 15 is 0 Å². The van der Waals surface area contributed by atoms with E-state index in [4.69, 9.17) is 4.74 Å². The Morgan fingerprint density at radius 3 is 2.36 bits per heavy atom. The number of hydrogen-bond donors (Lipinski definition) is 4. The molecular weight excluding hydrogens is 478 g/mol. The molecule has 1 amide bonds. The number of ether oxygens (including phenoxy) is 1. The molecule has 160 valence electrons.